The van der Waals surface area contributed by atoms with E-state index in [4.69, 9.17) is 0 Å². The molecule has 126 valence electrons. The summed E-state index contributed by atoms with van der Waals surface area (Å²) in [6.45, 7) is 1.41. The Morgan fingerprint density at radius 2 is 1.88 bits per heavy atom. The minimum atomic E-state index is -0.318. The average Bonchev–Trinajstić information content (AvgIpc) is 3.34. The number of carbonyl (C=O) groups is 2. The molecule has 0 atom stereocenters. The largest absolute Gasteiger partial charge is 0.351 e. The van der Waals surface area contributed by atoms with Crippen molar-refractivity contribution in [3.05, 3.63) is 35.8 Å². The van der Waals surface area contributed by atoms with Crippen molar-refractivity contribution in [1.29, 1.82) is 0 Å². The minimum absolute atomic E-state index is 0.0731. The second kappa shape index (κ2) is 5.92. The molecular formula is C18H20FN3O2. The summed E-state index contributed by atoms with van der Waals surface area (Å²) < 4.78 is 13.2. The summed E-state index contributed by atoms with van der Waals surface area (Å²) in [6, 6.07) is 6.14. The standard InChI is InChI=1S/C18H20FN3O2/c19-13-3-4-15-12(9-13)10-16(21-15)17(23)20-14-5-7-22(8-6-14)18(24)11-1-2-11/h3-4,9-11,14,21H,1-2,5-8H2,(H,20,23). The van der Waals surface area contributed by atoms with Crippen LogP contribution in [0.3, 0.4) is 0 Å². The first kappa shape index (κ1) is 15.2. The average molecular weight is 329 g/mol. The van der Waals surface area contributed by atoms with Crippen LogP contribution in [0.1, 0.15) is 36.2 Å². The van der Waals surface area contributed by atoms with Crippen LogP contribution in [0.5, 0.6) is 0 Å². The van der Waals surface area contributed by atoms with Gasteiger partial charge in [-0.3, -0.25) is 9.59 Å². The summed E-state index contributed by atoms with van der Waals surface area (Å²) in [5, 5.41) is 3.70. The summed E-state index contributed by atoms with van der Waals surface area (Å²) >= 11 is 0. The van der Waals surface area contributed by atoms with Crippen LogP contribution in [0.2, 0.25) is 0 Å². The molecule has 2 aromatic rings. The van der Waals surface area contributed by atoms with E-state index in [-0.39, 0.29) is 29.6 Å². The maximum atomic E-state index is 13.2. The van der Waals surface area contributed by atoms with Crippen LogP contribution in [0.4, 0.5) is 4.39 Å². The van der Waals surface area contributed by atoms with Gasteiger partial charge < -0.3 is 15.2 Å². The third-order valence-corrected chi connectivity index (χ3v) is 4.90. The van der Waals surface area contributed by atoms with Gasteiger partial charge >= 0.3 is 0 Å². The maximum Gasteiger partial charge on any atom is 0.267 e. The fraction of sp³-hybridized carbons (Fsp3) is 0.444. The second-order valence-electron chi connectivity index (χ2n) is 6.76. The molecule has 1 saturated carbocycles. The van der Waals surface area contributed by atoms with E-state index in [2.05, 4.69) is 10.3 Å². The summed E-state index contributed by atoms with van der Waals surface area (Å²) in [4.78, 5) is 29.4. The summed E-state index contributed by atoms with van der Waals surface area (Å²) in [5.74, 6) is 0.0278. The van der Waals surface area contributed by atoms with Crippen LogP contribution in [-0.4, -0.2) is 40.8 Å². The van der Waals surface area contributed by atoms with Crippen LogP contribution in [0.15, 0.2) is 24.3 Å². The van der Waals surface area contributed by atoms with E-state index in [1.165, 1.54) is 12.1 Å². The van der Waals surface area contributed by atoms with E-state index >= 15 is 0 Å². The molecule has 1 aromatic heterocycles. The number of hydrogen-bond donors (Lipinski definition) is 2. The van der Waals surface area contributed by atoms with E-state index in [1.807, 2.05) is 4.90 Å². The minimum Gasteiger partial charge on any atom is -0.351 e. The van der Waals surface area contributed by atoms with Crippen molar-refractivity contribution in [2.75, 3.05) is 13.1 Å². The van der Waals surface area contributed by atoms with E-state index in [0.717, 1.165) is 31.2 Å². The molecule has 1 aliphatic heterocycles. The normalized spacial score (nSPS) is 18.8. The Morgan fingerprint density at radius 1 is 1.12 bits per heavy atom. The van der Waals surface area contributed by atoms with Gasteiger partial charge in [0.05, 0.1) is 0 Å². The Kier molecular flexibility index (Phi) is 3.75. The molecule has 0 radical (unpaired) electrons. The van der Waals surface area contributed by atoms with Gasteiger partial charge in [0, 0.05) is 36.0 Å². The first-order valence-corrected chi connectivity index (χ1v) is 8.48. The van der Waals surface area contributed by atoms with Crippen LogP contribution in [0, 0.1) is 11.7 Å². The number of amides is 2. The van der Waals surface area contributed by atoms with Crippen LogP contribution in [-0.2, 0) is 4.79 Å². The van der Waals surface area contributed by atoms with Crippen molar-refractivity contribution in [2.45, 2.75) is 31.7 Å². The molecule has 24 heavy (non-hydrogen) atoms. The van der Waals surface area contributed by atoms with Gasteiger partial charge in [0.15, 0.2) is 0 Å². The van der Waals surface area contributed by atoms with E-state index in [9.17, 15) is 14.0 Å². The third-order valence-electron chi connectivity index (χ3n) is 4.90. The van der Waals surface area contributed by atoms with Gasteiger partial charge in [0.25, 0.3) is 5.91 Å². The van der Waals surface area contributed by atoms with Crippen LogP contribution < -0.4 is 5.32 Å². The molecule has 0 unspecified atom stereocenters. The molecule has 4 rings (SSSR count). The fourth-order valence-corrected chi connectivity index (χ4v) is 3.32. The number of nitrogens with zero attached hydrogens (tertiary/aromatic N) is 1. The highest BCUT2D eigenvalue weighted by Gasteiger charge is 2.35. The van der Waals surface area contributed by atoms with Gasteiger partial charge in [-0.1, -0.05) is 0 Å². The van der Waals surface area contributed by atoms with Gasteiger partial charge in [0.1, 0.15) is 11.5 Å². The monoisotopic (exact) mass is 329 g/mol. The van der Waals surface area contributed by atoms with Gasteiger partial charge in [-0.2, -0.15) is 0 Å². The molecule has 0 spiro atoms. The zero-order valence-electron chi connectivity index (χ0n) is 13.3. The van der Waals surface area contributed by atoms with Crippen molar-refractivity contribution >= 4 is 22.7 Å². The SMILES string of the molecule is O=C(NC1CCN(C(=O)C2CC2)CC1)c1cc2cc(F)ccc2[nH]1. The maximum absolute atomic E-state index is 13.2. The number of rotatable bonds is 3. The summed E-state index contributed by atoms with van der Waals surface area (Å²) in [7, 11) is 0. The number of piperidine rings is 1. The highest BCUT2D eigenvalue weighted by molar-refractivity contribution is 5.98. The number of hydrogen-bond acceptors (Lipinski definition) is 2. The molecule has 6 heteroatoms. The number of aromatic amines is 1. The van der Waals surface area contributed by atoms with Crippen LogP contribution in [0.25, 0.3) is 10.9 Å². The summed E-state index contributed by atoms with van der Waals surface area (Å²) in [6.07, 6.45) is 3.60. The first-order valence-electron chi connectivity index (χ1n) is 8.48. The highest BCUT2D eigenvalue weighted by Crippen LogP contribution is 2.31. The molecule has 5 nitrogen and oxygen atoms in total. The molecule has 1 aromatic carbocycles. The van der Waals surface area contributed by atoms with Crippen molar-refractivity contribution in [3.63, 3.8) is 0 Å². The van der Waals surface area contributed by atoms with E-state index in [1.54, 1.807) is 12.1 Å². The predicted molar refractivity (Wildman–Crippen MR) is 88.0 cm³/mol. The quantitative estimate of drug-likeness (QED) is 0.908. The first-order chi connectivity index (χ1) is 11.6. The Bertz CT molecular complexity index is 789. The van der Waals surface area contributed by atoms with Crippen molar-refractivity contribution < 1.29 is 14.0 Å². The number of benzene rings is 1. The smallest absolute Gasteiger partial charge is 0.267 e. The van der Waals surface area contributed by atoms with Gasteiger partial charge in [0.2, 0.25) is 5.91 Å². The Morgan fingerprint density at radius 3 is 2.58 bits per heavy atom. The number of halogens is 1. The Labute approximate surface area is 139 Å². The fourth-order valence-electron chi connectivity index (χ4n) is 3.32. The number of fused-ring (bicyclic) bond motifs is 1. The highest BCUT2D eigenvalue weighted by atomic mass is 19.1. The lowest BCUT2D eigenvalue weighted by atomic mass is 10.0. The van der Waals surface area contributed by atoms with E-state index in [0.29, 0.717) is 24.2 Å². The summed E-state index contributed by atoms with van der Waals surface area (Å²) in [5.41, 5.74) is 1.18. The molecule has 2 amide bonds. The topological polar surface area (TPSA) is 65.2 Å². The number of aromatic nitrogens is 1. The molecule has 2 aliphatic rings. The zero-order chi connectivity index (χ0) is 16.7. The van der Waals surface area contributed by atoms with E-state index < -0.39 is 0 Å². The molecule has 0 bridgehead atoms. The van der Waals surface area contributed by atoms with Crippen LogP contribution >= 0.6 is 0 Å². The number of likely N-dealkylation sites (tertiary alicyclic amines) is 1. The molecular weight excluding hydrogens is 309 g/mol. The number of nitrogens with one attached hydrogen (secondary N) is 2. The van der Waals surface area contributed by atoms with Crippen molar-refractivity contribution in [3.8, 4) is 0 Å². The van der Waals surface area contributed by atoms with Gasteiger partial charge in [-0.25, -0.2) is 4.39 Å². The number of H-pyrrole nitrogens is 1. The molecule has 2 fully saturated rings. The van der Waals surface area contributed by atoms with Gasteiger partial charge in [-0.05, 0) is 49.9 Å². The number of carbonyl (C=O) groups excluding carboxylic acids is 2. The second-order valence-corrected chi connectivity index (χ2v) is 6.76. The molecule has 1 saturated heterocycles. The third kappa shape index (κ3) is 3.00. The van der Waals surface area contributed by atoms with Crippen molar-refractivity contribution in [1.82, 2.24) is 15.2 Å². The predicted octanol–water partition coefficient (Wildman–Crippen LogP) is 2.44. The molecule has 2 heterocycles. The Hall–Kier alpha value is -2.37. The zero-order valence-corrected chi connectivity index (χ0v) is 13.3. The lowest BCUT2D eigenvalue weighted by Gasteiger charge is -2.32. The van der Waals surface area contributed by atoms with Gasteiger partial charge in [-0.15, -0.1) is 0 Å². The Balaban J connectivity index is 1.36. The van der Waals surface area contributed by atoms with Crippen molar-refractivity contribution in [2.24, 2.45) is 5.92 Å². The lowest BCUT2D eigenvalue weighted by Crippen LogP contribution is -2.47. The molecule has 2 N–H and O–H groups in total. The lowest BCUT2D eigenvalue weighted by molar-refractivity contribution is -0.133. The molecule has 1 aliphatic carbocycles.